The SMILES string of the molecule is CC(=O)N[C@H]1[C@H](OS(C)(=O)=O)[C@@H](OS(C)(=O)=O)[C@H](COS(C)(=O)=O)O[C@H]1O. The minimum Gasteiger partial charge on any atom is -0.366 e. The van der Waals surface area contributed by atoms with Gasteiger partial charge in [-0.1, -0.05) is 0 Å². The Morgan fingerprint density at radius 3 is 1.85 bits per heavy atom. The number of nitrogens with one attached hydrogen (secondary N) is 1. The fourth-order valence-corrected chi connectivity index (χ4v) is 3.92. The molecule has 0 aromatic rings. The Balaban J connectivity index is 3.34. The number of aliphatic hydroxyl groups excluding tert-OH is 1. The van der Waals surface area contributed by atoms with Gasteiger partial charge in [-0.25, -0.2) is 0 Å². The van der Waals surface area contributed by atoms with Gasteiger partial charge in [0.15, 0.2) is 6.29 Å². The predicted octanol–water partition coefficient (Wildman–Crippen LogP) is -3.13. The molecule has 5 atom stereocenters. The second kappa shape index (κ2) is 8.64. The van der Waals surface area contributed by atoms with Crippen molar-refractivity contribution in [1.82, 2.24) is 5.32 Å². The maximum absolute atomic E-state index is 11.6. The lowest BCUT2D eigenvalue weighted by Crippen LogP contribution is -2.66. The lowest BCUT2D eigenvalue weighted by Gasteiger charge is -2.43. The lowest BCUT2D eigenvalue weighted by atomic mass is 9.97. The van der Waals surface area contributed by atoms with Crippen molar-refractivity contribution in [2.45, 2.75) is 37.6 Å². The lowest BCUT2D eigenvalue weighted by molar-refractivity contribution is -0.241. The summed E-state index contributed by atoms with van der Waals surface area (Å²) in [6.07, 6.45) is -4.97. The molecule has 0 aromatic carbocycles. The third-order valence-electron chi connectivity index (χ3n) is 3.05. The Kier molecular flexibility index (Phi) is 7.73. The van der Waals surface area contributed by atoms with E-state index in [4.69, 9.17) is 13.1 Å². The van der Waals surface area contributed by atoms with Crippen LogP contribution in [0.2, 0.25) is 0 Å². The van der Waals surface area contributed by atoms with Gasteiger partial charge in [0.2, 0.25) is 5.91 Å². The molecule has 1 rings (SSSR count). The number of aliphatic hydroxyl groups is 1. The zero-order valence-corrected chi connectivity index (χ0v) is 17.2. The molecule has 16 heteroatoms. The molecule has 0 radical (unpaired) electrons. The summed E-state index contributed by atoms with van der Waals surface area (Å²) in [5, 5.41) is 12.3. The van der Waals surface area contributed by atoms with Crippen LogP contribution >= 0.6 is 0 Å². The van der Waals surface area contributed by atoms with Crippen LogP contribution in [0.15, 0.2) is 0 Å². The number of hydrogen-bond acceptors (Lipinski definition) is 12. The van der Waals surface area contributed by atoms with Crippen molar-refractivity contribution in [3.8, 4) is 0 Å². The quantitative estimate of drug-likeness (QED) is 0.351. The molecule has 0 spiro atoms. The van der Waals surface area contributed by atoms with Gasteiger partial charge in [0, 0.05) is 6.92 Å². The number of rotatable bonds is 8. The standard InChI is InChI=1S/C11H21NO12S3/c1-6(13)12-8-10(24-27(4,19)20)9(23-26(3,17)18)7(22-11(8)14)5-21-25(2,15)16/h7-11,14H,5H2,1-4H3,(H,12,13)/t7-,8-,9-,10-,11+/m0/s1. The van der Waals surface area contributed by atoms with Crippen molar-refractivity contribution in [3.63, 3.8) is 0 Å². The van der Waals surface area contributed by atoms with Gasteiger partial charge in [-0.15, -0.1) is 0 Å². The maximum Gasteiger partial charge on any atom is 0.264 e. The number of ether oxygens (including phenoxy) is 1. The molecule has 1 fully saturated rings. The highest BCUT2D eigenvalue weighted by atomic mass is 32.2. The minimum atomic E-state index is -4.22. The highest BCUT2D eigenvalue weighted by Crippen LogP contribution is 2.28. The van der Waals surface area contributed by atoms with Gasteiger partial charge >= 0.3 is 0 Å². The van der Waals surface area contributed by atoms with Crippen molar-refractivity contribution in [2.75, 3.05) is 25.4 Å². The van der Waals surface area contributed by atoms with Crippen molar-refractivity contribution < 1.29 is 52.4 Å². The molecule has 1 amide bonds. The second-order valence-corrected chi connectivity index (χ2v) is 10.7. The third-order valence-corrected chi connectivity index (χ3v) is 4.76. The van der Waals surface area contributed by atoms with Crippen molar-refractivity contribution in [2.24, 2.45) is 0 Å². The molecule has 1 saturated heterocycles. The first-order valence-corrected chi connectivity index (χ1v) is 12.6. The second-order valence-electron chi connectivity index (χ2n) is 5.81. The van der Waals surface area contributed by atoms with Crippen LogP contribution in [-0.2, 0) is 52.4 Å². The summed E-state index contributed by atoms with van der Waals surface area (Å²) < 4.78 is 87.9. The van der Waals surface area contributed by atoms with E-state index in [1.165, 1.54) is 0 Å². The van der Waals surface area contributed by atoms with E-state index in [1.54, 1.807) is 0 Å². The van der Waals surface area contributed by atoms with E-state index in [1.807, 2.05) is 0 Å². The number of amides is 1. The topological polar surface area (TPSA) is 189 Å². The zero-order valence-electron chi connectivity index (χ0n) is 14.8. The molecule has 2 N–H and O–H groups in total. The Morgan fingerprint density at radius 1 is 0.963 bits per heavy atom. The van der Waals surface area contributed by atoms with Gasteiger partial charge < -0.3 is 15.2 Å². The van der Waals surface area contributed by atoms with Crippen LogP contribution in [0, 0.1) is 0 Å². The van der Waals surface area contributed by atoms with Crippen molar-refractivity contribution in [1.29, 1.82) is 0 Å². The number of carbonyl (C=O) groups excluding carboxylic acids is 1. The van der Waals surface area contributed by atoms with E-state index in [0.29, 0.717) is 18.8 Å². The summed E-state index contributed by atoms with van der Waals surface area (Å²) >= 11 is 0. The largest absolute Gasteiger partial charge is 0.366 e. The van der Waals surface area contributed by atoms with Gasteiger partial charge in [0.25, 0.3) is 30.4 Å². The van der Waals surface area contributed by atoms with E-state index < -0.39 is 73.5 Å². The first kappa shape index (κ1) is 24.2. The summed E-state index contributed by atoms with van der Waals surface area (Å²) in [6, 6.07) is -1.54. The van der Waals surface area contributed by atoms with Crippen LogP contribution in [-0.4, -0.2) is 92.3 Å². The highest BCUT2D eigenvalue weighted by Gasteiger charge is 2.50. The third kappa shape index (κ3) is 8.77. The van der Waals surface area contributed by atoms with E-state index in [0.717, 1.165) is 6.92 Å². The first-order valence-electron chi connectivity index (χ1n) is 7.20. The van der Waals surface area contributed by atoms with Crippen LogP contribution in [0.5, 0.6) is 0 Å². The normalized spacial score (nSPS) is 30.0. The minimum absolute atomic E-state index is 0.650. The molecule has 1 aliphatic heterocycles. The Labute approximate surface area is 157 Å². The monoisotopic (exact) mass is 455 g/mol. The van der Waals surface area contributed by atoms with Crippen molar-refractivity contribution >= 4 is 36.3 Å². The fourth-order valence-electron chi connectivity index (χ4n) is 2.27. The fraction of sp³-hybridized carbons (Fsp3) is 0.909. The van der Waals surface area contributed by atoms with Gasteiger partial charge in [0.1, 0.15) is 24.4 Å². The molecule has 1 heterocycles. The molecule has 0 unspecified atom stereocenters. The molecule has 0 bridgehead atoms. The Hall–Kier alpha value is -0.880. The van der Waals surface area contributed by atoms with Crippen LogP contribution in [0.3, 0.4) is 0 Å². The maximum atomic E-state index is 11.6. The van der Waals surface area contributed by atoms with E-state index in [9.17, 15) is 35.2 Å². The summed E-state index contributed by atoms with van der Waals surface area (Å²) in [6.45, 7) is 0.238. The molecule has 160 valence electrons. The van der Waals surface area contributed by atoms with Crippen molar-refractivity contribution in [3.05, 3.63) is 0 Å². The van der Waals surface area contributed by atoms with Crippen LogP contribution in [0.4, 0.5) is 0 Å². The van der Waals surface area contributed by atoms with Gasteiger partial charge in [-0.05, 0) is 0 Å². The molecular weight excluding hydrogens is 434 g/mol. The van der Waals surface area contributed by atoms with Gasteiger partial charge in [-0.3, -0.25) is 17.3 Å². The molecule has 27 heavy (non-hydrogen) atoms. The summed E-state index contributed by atoms with van der Waals surface area (Å²) in [7, 11) is -12.4. The summed E-state index contributed by atoms with van der Waals surface area (Å²) in [5.74, 6) is -0.714. The smallest absolute Gasteiger partial charge is 0.264 e. The molecule has 0 saturated carbocycles. The summed E-state index contributed by atoms with van der Waals surface area (Å²) in [5.41, 5.74) is 0. The van der Waals surface area contributed by atoms with Crippen LogP contribution < -0.4 is 5.32 Å². The average Bonchev–Trinajstić information content (AvgIpc) is 2.40. The summed E-state index contributed by atoms with van der Waals surface area (Å²) in [4.78, 5) is 11.4. The first-order chi connectivity index (χ1) is 12.0. The average molecular weight is 455 g/mol. The Bertz CT molecular complexity index is 849. The van der Waals surface area contributed by atoms with Crippen LogP contribution in [0.25, 0.3) is 0 Å². The van der Waals surface area contributed by atoms with Gasteiger partial charge in [0.05, 0.1) is 25.4 Å². The van der Waals surface area contributed by atoms with E-state index in [-0.39, 0.29) is 0 Å². The number of carbonyl (C=O) groups is 1. The van der Waals surface area contributed by atoms with E-state index >= 15 is 0 Å². The molecule has 13 nitrogen and oxygen atoms in total. The molecule has 0 aliphatic carbocycles. The molecule has 0 aromatic heterocycles. The Morgan fingerprint density at radius 2 is 1.44 bits per heavy atom. The number of hydrogen-bond donors (Lipinski definition) is 2. The predicted molar refractivity (Wildman–Crippen MR) is 88.7 cm³/mol. The highest BCUT2D eigenvalue weighted by molar-refractivity contribution is 7.86. The van der Waals surface area contributed by atoms with E-state index in [2.05, 4.69) is 9.50 Å². The molecular formula is C11H21NO12S3. The van der Waals surface area contributed by atoms with Gasteiger partial charge in [-0.2, -0.15) is 25.3 Å². The zero-order chi connectivity index (χ0) is 21.2. The van der Waals surface area contributed by atoms with Crippen LogP contribution in [0.1, 0.15) is 6.92 Å². The molecule has 1 aliphatic rings.